The van der Waals surface area contributed by atoms with Gasteiger partial charge in [-0.3, -0.25) is 4.79 Å². The van der Waals surface area contributed by atoms with Crippen LogP contribution in [0.25, 0.3) is 0 Å². The summed E-state index contributed by atoms with van der Waals surface area (Å²) >= 11 is 0. The third-order valence-electron chi connectivity index (χ3n) is 3.48. The van der Waals surface area contributed by atoms with Crippen molar-refractivity contribution in [3.63, 3.8) is 0 Å². The maximum Gasteiger partial charge on any atom is 0.238 e. The van der Waals surface area contributed by atoms with Gasteiger partial charge in [0.2, 0.25) is 5.91 Å². The second kappa shape index (κ2) is 5.12. The van der Waals surface area contributed by atoms with Crippen molar-refractivity contribution in [2.45, 2.75) is 37.3 Å². The highest BCUT2D eigenvalue weighted by Crippen LogP contribution is 2.28. The van der Waals surface area contributed by atoms with Gasteiger partial charge in [-0.15, -0.1) is 0 Å². The molecule has 1 aliphatic carbocycles. The Morgan fingerprint density at radius 2 is 2.12 bits per heavy atom. The van der Waals surface area contributed by atoms with Crippen LogP contribution < -0.4 is 16.0 Å². The number of hydrogen-bond acceptors (Lipinski definition) is 4. The first-order valence-electron chi connectivity index (χ1n) is 6.14. The Morgan fingerprint density at radius 1 is 1.38 bits per heavy atom. The smallest absolute Gasteiger partial charge is 0.238 e. The fraction of sp³-hybridized carbons (Fsp3) is 0.909. The maximum atomic E-state index is 11.8. The molecule has 2 aliphatic rings. The standard InChI is InChI=1S/C11H21N3O2/c15-10(9-7-12-5-6-13-9)14-8-11(16)3-1-2-4-11/h9,12-13,16H,1-8H2,(H,14,15). The average Bonchev–Trinajstić information content (AvgIpc) is 2.75. The summed E-state index contributed by atoms with van der Waals surface area (Å²) in [6.45, 7) is 2.80. The first-order valence-corrected chi connectivity index (χ1v) is 6.14. The van der Waals surface area contributed by atoms with Crippen molar-refractivity contribution in [3.05, 3.63) is 0 Å². The molecule has 92 valence electrons. The molecule has 1 unspecified atom stereocenters. The summed E-state index contributed by atoms with van der Waals surface area (Å²) in [5, 5.41) is 19.2. The van der Waals surface area contributed by atoms with Crippen LogP contribution in [0.3, 0.4) is 0 Å². The summed E-state index contributed by atoms with van der Waals surface area (Å²) in [4.78, 5) is 11.8. The average molecular weight is 227 g/mol. The minimum absolute atomic E-state index is 0.00692. The zero-order chi connectivity index (χ0) is 11.4. The van der Waals surface area contributed by atoms with Gasteiger partial charge >= 0.3 is 0 Å². The first-order chi connectivity index (χ1) is 7.70. The molecule has 1 amide bonds. The van der Waals surface area contributed by atoms with Crippen molar-refractivity contribution < 1.29 is 9.90 Å². The molecule has 0 radical (unpaired) electrons. The number of amides is 1. The topological polar surface area (TPSA) is 73.4 Å². The zero-order valence-corrected chi connectivity index (χ0v) is 9.59. The molecule has 0 bridgehead atoms. The van der Waals surface area contributed by atoms with Crippen LogP contribution in [0.15, 0.2) is 0 Å². The number of aliphatic hydroxyl groups is 1. The Balaban J connectivity index is 1.74. The third-order valence-corrected chi connectivity index (χ3v) is 3.48. The Kier molecular flexibility index (Phi) is 3.78. The van der Waals surface area contributed by atoms with E-state index in [1.54, 1.807) is 0 Å². The summed E-state index contributed by atoms with van der Waals surface area (Å²) in [5.74, 6) is -0.00692. The molecule has 2 rings (SSSR count). The number of rotatable bonds is 3. The van der Waals surface area contributed by atoms with Crippen LogP contribution in [0, 0.1) is 0 Å². The molecule has 0 aromatic rings. The van der Waals surface area contributed by atoms with Crippen LogP contribution >= 0.6 is 0 Å². The lowest BCUT2D eigenvalue weighted by molar-refractivity contribution is -0.124. The van der Waals surface area contributed by atoms with Gasteiger partial charge in [-0.25, -0.2) is 0 Å². The van der Waals surface area contributed by atoms with Crippen molar-refractivity contribution in [2.24, 2.45) is 0 Å². The molecule has 4 N–H and O–H groups in total. The van der Waals surface area contributed by atoms with E-state index >= 15 is 0 Å². The van der Waals surface area contributed by atoms with Gasteiger partial charge in [0.15, 0.2) is 0 Å². The van der Waals surface area contributed by atoms with Crippen molar-refractivity contribution in [1.29, 1.82) is 0 Å². The Hall–Kier alpha value is -0.650. The molecule has 5 nitrogen and oxygen atoms in total. The van der Waals surface area contributed by atoms with E-state index in [2.05, 4.69) is 16.0 Å². The van der Waals surface area contributed by atoms with Crippen molar-refractivity contribution >= 4 is 5.91 Å². The van der Waals surface area contributed by atoms with E-state index in [0.29, 0.717) is 13.1 Å². The minimum Gasteiger partial charge on any atom is -0.388 e. The van der Waals surface area contributed by atoms with Crippen LogP contribution in [0.4, 0.5) is 0 Å². The highest BCUT2D eigenvalue weighted by Gasteiger charge is 2.32. The second-order valence-electron chi connectivity index (χ2n) is 4.86. The number of carbonyl (C=O) groups excluding carboxylic acids is 1. The molecule has 1 heterocycles. The summed E-state index contributed by atoms with van der Waals surface area (Å²) in [6, 6.07) is -0.154. The van der Waals surface area contributed by atoms with Crippen LogP contribution in [0.1, 0.15) is 25.7 Å². The number of piperazine rings is 1. The van der Waals surface area contributed by atoms with E-state index < -0.39 is 5.60 Å². The Morgan fingerprint density at radius 3 is 2.75 bits per heavy atom. The van der Waals surface area contributed by atoms with Crippen LogP contribution in [0.2, 0.25) is 0 Å². The van der Waals surface area contributed by atoms with E-state index in [4.69, 9.17) is 0 Å². The predicted octanol–water partition coefficient (Wildman–Crippen LogP) is -1.03. The highest BCUT2D eigenvalue weighted by atomic mass is 16.3. The number of nitrogens with one attached hydrogen (secondary N) is 3. The van der Waals surface area contributed by atoms with Gasteiger partial charge in [-0.2, -0.15) is 0 Å². The fourth-order valence-electron chi connectivity index (χ4n) is 2.42. The van der Waals surface area contributed by atoms with E-state index in [0.717, 1.165) is 38.8 Å². The van der Waals surface area contributed by atoms with Crippen LogP contribution in [0.5, 0.6) is 0 Å². The summed E-state index contributed by atoms with van der Waals surface area (Å²) in [7, 11) is 0. The SMILES string of the molecule is O=C(NCC1(O)CCCC1)C1CNCCN1. The molecule has 1 atom stereocenters. The third kappa shape index (κ3) is 2.93. The van der Waals surface area contributed by atoms with Gasteiger partial charge in [0.05, 0.1) is 11.6 Å². The minimum atomic E-state index is -0.655. The summed E-state index contributed by atoms with van der Waals surface area (Å²) in [6.07, 6.45) is 3.75. The molecule has 1 saturated carbocycles. The molecular weight excluding hydrogens is 206 g/mol. The Labute approximate surface area is 96.0 Å². The summed E-state index contributed by atoms with van der Waals surface area (Å²) < 4.78 is 0. The number of hydrogen-bond donors (Lipinski definition) is 4. The van der Waals surface area contributed by atoms with E-state index in [9.17, 15) is 9.90 Å². The second-order valence-corrected chi connectivity index (χ2v) is 4.86. The molecule has 0 aromatic heterocycles. The summed E-state index contributed by atoms with van der Waals surface area (Å²) in [5.41, 5.74) is -0.655. The molecular formula is C11H21N3O2. The van der Waals surface area contributed by atoms with E-state index in [-0.39, 0.29) is 11.9 Å². The van der Waals surface area contributed by atoms with E-state index in [1.807, 2.05) is 0 Å². The van der Waals surface area contributed by atoms with Gasteiger partial charge in [0.25, 0.3) is 0 Å². The van der Waals surface area contributed by atoms with Crippen molar-refractivity contribution in [2.75, 3.05) is 26.2 Å². The number of carbonyl (C=O) groups is 1. The Bertz CT molecular complexity index is 246. The van der Waals surface area contributed by atoms with Gasteiger partial charge in [-0.05, 0) is 12.8 Å². The molecule has 16 heavy (non-hydrogen) atoms. The lowest BCUT2D eigenvalue weighted by Gasteiger charge is -2.27. The van der Waals surface area contributed by atoms with Gasteiger partial charge < -0.3 is 21.1 Å². The monoisotopic (exact) mass is 227 g/mol. The fourth-order valence-corrected chi connectivity index (χ4v) is 2.42. The molecule has 1 saturated heterocycles. The predicted molar refractivity (Wildman–Crippen MR) is 61.1 cm³/mol. The molecule has 1 aliphatic heterocycles. The first kappa shape index (κ1) is 11.8. The molecule has 5 heteroatoms. The van der Waals surface area contributed by atoms with Crippen molar-refractivity contribution in [1.82, 2.24) is 16.0 Å². The molecule has 0 spiro atoms. The quantitative estimate of drug-likeness (QED) is 0.497. The maximum absolute atomic E-state index is 11.8. The largest absolute Gasteiger partial charge is 0.388 e. The molecule has 2 fully saturated rings. The normalized spacial score (nSPS) is 28.9. The molecule has 0 aromatic carbocycles. The lowest BCUT2D eigenvalue weighted by Crippen LogP contribution is -2.57. The van der Waals surface area contributed by atoms with Gasteiger partial charge in [0.1, 0.15) is 0 Å². The van der Waals surface area contributed by atoms with E-state index in [1.165, 1.54) is 0 Å². The highest BCUT2D eigenvalue weighted by molar-refractivity contribution is 5.82. The lowest BCUT2D eigenvalue weighted by atomic mass is 10.0. The van der Waals surface area contributed by atoms with Gasteiger partial charge in [-0.1, -0.05) is 12.8 Å². The van der Waals surface area contributed by atoms with Gasteiger partial charge in [0, 0.05) is 26.2 Å². The van der Waals surface area contributed by atoms with Crippen LogP contribution in [-0.4, -0.2) is 48.8 Å². The zero-order valence-electron chi connectivity index (χ0n) is 9.59. The van der Waals surface area contributed by atoms with Crippen molar-refractivity contribution in [3.8, 4) is 0 Å². The van der Waals surface area contributed by atoms with Crippen LogP contribution in [-0.2, 0) is 4.79 Å².